The van der Waals surface area contributed by atoms with Gasteiger partial charge in [0.05, 0.1) is 13.0 Å². The first-order valence-electron chi connectivity index (χ1n) is 4.92. The highest BCUT2D eigenvalue weighted by atomic mass is 16.5. The molecule has 1 unspecified atom stereocenters. The van der Waals surface area contributed by atoms with Crippen molar-refractivity contribution in [2.45, 2.75) is 26.7 Å². The Labute approximate surface area is 83.3 Å². The highest BCUT2D eigenvalue weighted by molar-refractivity contribution is 6.40. The van der Waals surface area contributed by atoms with Gasteiger partial charge in [0.2, 0.25) is 0 Å². The number of hydrogen-bond donors (Lipinski definition) is 0. The first-order valence-corrected chi connectivity index (χ1v) is 4.92. The van der Waals surface area contributed by atoms with E-state index in [9.17, 15) is 9.59 Å². The number of carbonyl (C=O) groups is 2. The van der Waals surface area contributed by atoms with Crippen LogP contribution in [-0.2, 0) is 14.3 Å². The van der Waals surface area contributed by atoms with Crippen molar-refractivity contribution >= 4 is 17.5 Å². The molecule has 0 amide bonds. The van der Waals surface area contributed by atoms with Gasteiger partial charge >= 0.3 is 5.97 Å². The fourth-order valence-electron chi connectivity index (χ4n) is 1.40. The van der Waals surface area contributed by atoms with Crippen LogP contribution in [0, 0.1) is 5.92 Å². The van der Waals surface area contributed by atoms with Crippen molar-refractivity contribution in [2.75, 3.05) is 13.2 Å². The van der Waals surface area contributed by atoms with Crippen LogP contribution in [0.1, 0.15) is 26.7 Å². The molecule has 0 aromatic carbocycles. The lowest BCUT2D eigenvalue weighted by Crippen LogP contribution is -2.31. The van der Waals surface area contributed by atoms with Gasteiger partial charge in [-0.15, -0.1) is 0 Å². The first kappa shape index (κ1) is 10.9. The molecular formula is C10H15NO3. The van der Waals surface area contributed by atoms with Gasteiger partial charge in [-0.1, -0.05) is 6.92 Å². The molecule has 0 saturated heterocycles. The molecule has 1 atom stereocenters. The molecule has 0 spiro atoms. The van der Waals surface area contributed by atoms with Gasteiger partial charge in [-0.3, -0.25) is 9.79 Å². The normalized spacial score (nSPS) is 21.7. The molecule has 14 heavy (non-hydrogen) atoms. The molecule has 1 aliphatic heterocycles. The molecule has 1 heterocycles. The zero-order valence-electron chi connectivity index (χ0n) is 8.58. The van der Waals surface area contributed by atoms with E-state index in [1.807, 2.05) is 6.92 Å². The van der Waals surface area contributed by atoms with E-state index >= 15 is 0 Å². The van der Waals surface area contributed by atoms with Gasteiger partial charge in [0.1, 0.15) is 11.5 Å². The van der Waals surface area contributed by atoms with Crippen molar-refractivity contribution in [3.63, 3.8) is 0 Å². The summed E-state index contributed by atoms with van der Waals surface area (Å²) in [6.45, 7) is 4.44. The average Bonchev–Trinajstić information content (AvgIpc) is 2.18. The van der Waals surface area contributed by atoms with E-state index in [4.69, 9.17) is 4.74 Å². The quantitative estimate of drug-likeness (QED) is 0.634. The van der Waals surface area contributed by atoms with E-state index in [2.05, 4.69) is 4.99 Å². The van der Waals surface area contributed by atoms with Crippen LogP contribution in [-0.4, -0.2) is 30.6 Å². The molecule has 0 aliphatic carbocycles. The van der Waals surface area contributed by atoms with Crippen LogP contribution in [0.4, 0.5) is 0 Å². The van der Waals surface area contributed by atoms with Gasteiger partial charge in [0.15, 0.2) is 0 Å². The zero-order chi connectivity index (χ0) is 10.6. The van der Waals surface area contributed by atoms with Gasteiger partial charge in [-0.05, 0) is 13.3 Å². The number of esters is 1. The molecule has 4 heteroatoms. The number of ether oxygens (including phenoxy) is 1. The maximum Gasteiger partial charge on any atom is 0.352 e. The number of carbonyl (C=O) groups excluding carboxylic acids is 2. The fraction of sp³-hybridized carbons (Fsp3) is 0.700. The van der Waals surface area contributed by atoms with Gasteiger partial charge in [-0.25, -0.2) is 4.79 Å². The van der Waals surface area contributed by atoms with E-state index in [0.717, 1.165) is 6.42 Å². The predicted molar refractivity (Wildman–Crippen MR) is 52.3 cm³/mol. The molecule has 78 valence electrons. The van der Waals surface area contributed by atoms with Crippen molar-refractivity contribution in [3.8, 4) is 0 Å². The summed E-state index contributed by atoms with van der Waals surface area (Å²) in [6.07, 6.45) is 0.926. The number of aliphatic imine (C=N–C) groups is 1. The Balaban J connectivity index is 2.62. The van der Waals surface area contributed by atoms with Crippen molar-refractivity contribution in [2.24, 2.45) is 10.9 Å². The van der Waals surface area contributed by atoms with Crippen LogP contribution in [0.25, 0.3) is 0 Å². The summed E-state index contributed by atoms with van der Waals surface area (Å²) in [5.41, 5.74) is 0.279. The Morgan fingerprint density at radius 3 is 2.79 bits per heavy atom. The van der Waals surface area contributed by atoms with Crippen LogP contribution in [0.2, 0.25) is 0 Å². The van der Waals surface area contributed by atoms with E-state index in [1.165, 1.54) is 0 Å². The van der Waals surface area contributed by atoms with Gasteiger partial charge in [0, 0.05) is 12.5 Å². The summed E-state index contributed by atoms with van der Waals surface area (Å²) in [4.78, 5) is 26.8. The Morgan fingerprint density at radius 2 is 2.29 bits per heavy atom. The third-order valence-electron chi connectivity index (χ3n) is 2.30. The van der Waals surface area contributed by atoms with Crippen LogP contribution >= 0.6 is 0 Å². The topological polar surface area (TPSA) is 55.7 Å². The lowest BCUT2D eigenvalue weighted by Gasteiger charge is -2.17. The SMILES string of the molecule is CCOC(=O)C1=NCC(CC)C(=O)C1. The Kier molecular flexibility index (Phi) is 3.80. The lowest BCUT2D eigenvalue weighted by atomic mass is 9.94. The van der Waals surface area contributed by atoms with Gasteiger partial charge in [0.25, 0.3) is 0 Å². The number of hydrogen-bond acceptors (Lipinski definition) is 4. The number of Topliss-reactive ketones (excluding diaryl/α,β-unsaturated/α-hetero) is 1. The second kappa shape index (κ2) is 4.88. The second-order valence-corrected chi connectivity index (χ2v) is 3.26. The van der Waals surface area contributed by atoms with Gasteiger partial charge < -0.3 is 4.74 Å². The highest BCUT2D eigenvalue weighted by Gasteiger charge is 2.26. The van der Waals surface area contributed by atoms with E-state index < -0.39 is 5.97 Å². The van der Waals surface area contributed by atoms with Crippen molar-refractivity contribution in [1.82, 2.24) is 0 Å². The fourth-order valence-corrected chi connectivity index (χ4v) is 1.40. The van der Waals surface area contributed by atoms with Crippen LogP contribution < -0.4 is 0 Å². The minimum atomic E-state index is -0.449. The largest absolute Gasteiger partial charge is 0.462 e. The molecule has 0 bridgehead atoms. The zero-order valence-corrected chi connectivity index (χ0v) is 8.58. The first-order chi connectivity index (χ1) is 6.69. The summed E-state index contributed by atoms with van der Waals surface area (Å²) < 4.78 is 4.78. The summed E-state index contributed by atoms with van der Waals surface area (Å²) in [5.74, 6) is -0.353. The third-order valence-corrected chi connectivity index (χ3v) is 2.30. The van der Waals surface area contributed by atoms with Crippen molar-refractivity contribution < 1.29 is 14.3 Å². The van der Waals surface area contributed by atoms with E-state index in [0.29, 0.717) is 13.2 Å². The number of ketones is 1. The highest BCUT2D eigenvalue weighted by Crippen LogP contribution is 2.14. The molecule has 0 aromatic heterocycles. The monoisotopic (exact) mass is 197 g/mol. The minimum Gasteiger partial charge on any atom is -0.462 e. The summed E-state index contributed by atoms with van der Waals surface area (Å²) in [7, 11) is 0. The number of rotatable bonds is 3. The minimum absolute atomic E-state index is 0.00632. The molecule has 0 fully saturated rings. The summed E-state index contributed by atoms with van der Waals surface area (Å²) in [5, 5.41) is 0. The van der Waals surface area contributed by atoms with Crippen molar-refractivity contribution in [3.05, 3.63) is 0 Å². The summed E-state index contributed by atoms with van der Waals surface area (Å²) >= 11 is 0. The summed E-state index contributed by atoms with van der Waals surface area (Å²) in [6, 6.07) is 0. The average molecular weight is 197 g/mol. The molecule has 1 rings (SSSR count). The molecule has 0 aromatic rings. The molecule has 4 nitrogen and oxygen atoms in total. The maximum atomic E-state index is 11.5. The standard InChI is InChI=1S/C10H15NO3/c1-3-7-6-11-8(5-9(7)12)10(13)14-4-2/h7H,3-6H2,1-2H3. The van der Waals surface area contributed by atoms with Gasteiger partial charge in [-0.2, -0.15) is 0 Å². The lowest BCUT2D eigenvalue weighted by molar-refractivity contribution is -0.136. The van der Waals surface area contributed by atoms with E-state index in [-0.39, 0.29) is 23.8 Å². The molecule has 0 N–H and O–H groups in total. The molecule has 1 aliphatic rings. The van der Waals surface area contributed by atoms with Crippen LogP contribution in [0.3, 0.4) is 0 Å². The van der Waals surface area contributed by atoms with E-state index in [1.54, 1.807) is 6.92 Å². The second-order valence-electron chi connectivity index (χ2n) is 3.26. The number of nitrogens with zero attached hydrogens (tertiary/aromatic N) is 1. The Hall–Kier alpha value is -1.19. The predicted octanol–water partition coefficient (Wildman–Crippen LogP) is 0.989. The van der Waals surface area contributed by atoms with Crippen LogP contribution in [0.15, 0.2) is 4.99 Å². The molecule has 0 radical (unpaired) electrons. The smallest absolute Gasteiger partial charge is 0.352 e. The Morgan fingerprint density at radius 1 is 1.57 bits per heavy atom. The maximum absolute atomic E-state index is 11.5. The third kappa shape index (κ3) is 2.40. The van der Waals surface area contributed by atoms with Crippen LogP contribution in [0.5, 0.6) is 0 Å². The van der Waals surface area contributed by atoms with Crippen molar-refractivity contribution in [1.29, 1.82) is 0 Å². The molecule has 0 saturated carbocycles. The Bertz CT molecular complexity index is 271. The molecular weight excluding hydrogens is 182 g/mol.